The Hall–Kier alpha value is -3.95. The van der Waals surface area contributed by atoms with Crippen molar-refractivity contribution in [1.82, 2.24) is 0 Å². The van der Waals surface area contributed by atoms with Crippen LogP contribution < -0.4 is 14.8 Å². The molecule has 2 aromatic carbocycles. The molecule has 0 spiro atoms. The lowest BCUT2D eigenvalue weighted by atomic mass is 10.1. The zero-order valence-corrected chi connectivity index (χ0v) is 18.0. The molecular formula is C22H24N2O8. The third-order valence-electron chi connectivity index (χ3n) is 4.30. The van der Waals surface area contributed by atoms with Crippen molar-refractivity contribution in [2.24, 2.45) is 0 Å². The Kier molecular flexibility index (Phi) is 8.70. The number of hydrogen-bond acceptors (Lipinski definition) is 8. The van der Waals surface area contributed by atoms with Crippen LogP contribution >= 0.6 is 0 Å². The average molecular weight is 444 g/mol. The highest BCUT2D eigenvalue weighted by molar-refractivity contribution is 6.01. The highest BCUT2D eigenvalue weighted by Crippen LogP contribution is 2.35. The second-order valence-corrected chi connectivity index (χ2v) is 6.59. The SMILES string of the molecule is CCCC(=O)Nc1ccc(C(=O)COC(=O)c2cc(OC)c(OCC)cc2[N+](=O)[O-])cc1. The van der Waals surface area contributed by atoms with Gasteiger partial charge in [-0.3, -0.25) is 19.7 Å². The van der Waals surface area contributed by atoms with Gasteiger partial charge in [0.15, 0.2) is 23.9 Å². The van der Waals surface area contributed by atoms with Gasteiger partial charge in [-0.2, -0.15) is 0 Å². The summed E-state index contributed by atoms with van der Waals surface area (Å²) in [5, 5.41) is 14.1. The third kappa shape index (κ3) is 6.27. The van der Waals surface area contributed by atoms with Crippen LogP contribution in [0.2, 0.25) is 0 Å². The lowest BCUT2D eigenvalue weighted by Gasteiger charge is -2.11. The van der Waals surface area contributed by atoms with Crippen LogP contribution in [0, 0.1) is 10.1 Å². The number of amides is 1. The molecule has 0 heterocycles. The van der Waals surface area contributed by atoms with Gasteiger partial charge in [0.05, 0.1) is 24.7 Å². The van der Waals surface area contributed by atoms with Crippen LogP contribution in [0.1, 0.15) is 47.4 Å². The van der Waals surface area contributed by atoms with E-state index in [1.165, 1.54) is 19.2 Å². The fourth-order valence-corrected chi connectivity index (χ4v) is 2.77. The molecule has 0 aliphatic rings. The van der Waals surface area contributed by atoms with Gasteiger partial charge in [-0.15, -0.1) is 0 Å². The molecule has 10 nitrogen and oxygen atoms in total. The van der Waals surface area contributed by atoms with Crippen LogP contribution in [0.3, 0.4) is 0 Å². The summed E-state index contributed by atoms with van der Waals surface area (Å²) in [4.78, 5) is 47.1. The number of rotatable bonds is 11. The lowest BCUT2D eigenvalue weighted by Crippen LogP contribution is -2.16. The van der Waals surface area contributed by atoms with Crippen molar-refractivity contribution in [3.05, 3.63) is 57.6 Å². The lowest BCUT2D eigenvalue weighted by molar-refractivity contribution is -0.385. The minimum Gasteiger partial charge on any atom is -0.493 e. The number of Topliss-reactive ketones (excluding diaryl/α,β-unsaturated/α-hetero) is 1. The minimum atomic E-state index is -1.05. The van der Waals surface area contributed by atoms with E-state index in [2.05, 4.69) is 5.32 Å². The molecule has 1 N–H and O–H groups in total. The number of esters is 1. The summed E-state index contributed by atoms with van der Waals surface area (Å²) in [7, 11) is 1.33. The van der Waals surface area contributed by atoms with Crippen molar-refractivity contribution in [3.8, 4) is 11.5 Å². The number of ketones is 1. The van der Waals surface area contributed by atoms with Gasteiger partial charge >= 0.3 is 5.97 Å². The van der Waals surface area contributed by atoms with Gasteiger partial charge in [0.2, 0.25) is 5.91 Å². The summed E-state index contributed by atoms with van der Waals surface area (Å²) >= 11 is 0. The van der Waals surface area contributed by atoms with E-state index in [1.807, 2.05) is 6.92 Å². The molecule has 0 bridgehead atoms. The van der Waals surface area contributed by atoms with Gasteiger partial charge in [0, 0.05) is 23.7 Å². The van der Waals surface area contributed by atoms with E-state index in [9.17, 15) is 24.5 Å². The van der Waals surface area contributed by atoms with Crippen molar-refractivity contribution in [2.75, 3.05) is 25.6 Å². The molecule has 170 valence electrons. The van der Waals surface area contributed by atoms with E-state index >= 15 is 0 Å². The van der Waals surface area contributed by atoms with Crippen LogP contribution in [0.5, 0.6) is 11.5 Å². The maximum Gasteiger partial charge on any atom is 0.345 e. The van der Waals surface area contributed by atoms with E-state index < -0.39 is 29.0 Å². The number of hydrogen-bond donors (Lipinski definition) is 1. The largest absolute Gasteiger partial charge is 0.493 e. The number of nitro benzene ring substituents is 1. The first-order chi connectivity index (χ1) is 15.3. The number of carbonyl (C=O) groups is 3. The third-order valence-corrected chi connectivity index (χ3v) is 4.30. The van der Waals surface area contributed by atoms with Gasteiger partial charge in [-0.1, -0.05) is 6.92 Å². The molecule has 0 radical (unpaired) electrons. The molecule has 0 unspecified atom stereocenters. The number of anilines is 1. The van der Waals surface area contributed by atoms with E-state index in [0.29, 0.717) is 18.5 Å². The average Bonchev–Trinajstić information content (AvgIpc) is 2.77. The van der Waals surface area contributed by atoms with Crippen molar-refractivity contribution in [3.63, 3.8) is 0 Å². The fourth-order valence-electron chi connectivity index (χ4n) is 2.77. The molecule has 0 aliphatic heterocycles. The van der Waals surface area contributed by atoms with Crippen LogP contribution in [-0.2, 0) is 9.53 Å². The molecule has 0 aliphatic carbocycles. The molecular weight excluding hydrogens is 420 g/mol. The molecule has 0 saturated carbocycles. The molecule has 0 fully saturated rings. The van der Waals surface area contributed by atoms with E-state index in [1.54, 1.807) is 19.1 Å². The first kappa shape index (κ1) is 24.3. The molecule has 0 aromatic heterocycles. The van der Waals surface area contributed by atoms with Crippen LogP contribution in [0.15, 0.2) is 36.4 Å². The number of carbonyl (C=O) groups excluding carboxylic acids is 3. The number of nitro groups is 1. The van der Waals surface area contributed by atoms with Crippen LogP contribution in [0.4, 0.5) is 11.4 Å². The Morgan fingerprint density at radius 1 is 1.06 bits per heavy atom. The molecule has 0 saturated heterocycles. The quantitative estimate of drug-likeness (QED) is 0.239. The van der Waals surface area contributed by atoms with E-state index in [0.717, 1.165) is 12.1 Å². The number of benzene rings is 2. The molecule has 2 aromatic rings. The Labute approximate surface area is 184 Å². The van der Waals surface area contributed by atoms with Gasteiger partial charge in [-0.05, 0) is 37.6 Å². The Morgan fingerprint density at radius 3 is 2.31 bits per heavy atom. The zero-order chi connectivity index (χ0) is 23.7. The predicted octanol–water partition coefficient (Wildman–Crippen LogP) is 3.78. The van der Waals surface area contributed by atoms with Gasteiger partial charge in [0.25, 0.3) is 5.69 Å². The molecule has 2 rings (SSSR count). The smallest absolute Gasteiger partial charge is 0.345 e. The number of ether oxygens (including phenoxy) is 3. The first-order valence-electron chi connectivity index (χ1n) is 9.90. The summed E-state index contributed by atoms with van der Waals surface area (Å²) in [6.07, 6.45) is 1.10. The van der Waals surface area contributed by atoms with Crippen molar-refractivity contribution in [2.45, 2.75) is 26.7 Å². The summed E-state index contributed by atoms with van der Waals surface area (Å²) < 4.78 is 15.4. The summed E-state index contributed by atoms with van der Waals surface area (Å²) in [5.41, 5.74) is -0.102. The van der Waals surface area contributed by atoms with E-state index in [4.69, 9.17) is 14.2 Å². The van der Waals surface area contributed by atoms with Crippen molar-refractivity contribution in [1.29, 1.82) is 0 Å². The second-order valence-electron chi connectivity index (χ2n) is 6.59. The molecule has 10 heteroatoms. The monoisotopic (exact) mass is 444 g/mol. The Morgan fingerprint density at radius 2 is 1.75 bits per heavy atom. The van der Waals surface area contributed by atoms with Crippen molar-refractivity contribution >= 4 is 29.0 Å². The Bertz CT molecular complexity index is 1000. The maximum absolute atomic E-state index is 12.5. The molecule has 1 amide bonds. The first-order valence-corrected chi connectivity index (χ1v) is 9.90. The summed E-state index contributed by atoms with van der Waals surface area (Å²) in [6, 6.07) is 8.31. The van der Waals surface area contributed by atoms with Crippen LogP contribution in [-0.4, -0.2) is 42.9 Å². The molecule has 32 heavy (non-hydrogen) atoms. The van der Waals surface area contributed by atoms with Crippen molar-refractivity contribution < 1.29 is 33.5 Å². The normalized spacial score (nSPS) is 10.2. The number of nitrogens with zero attached hydrogens (tertiary/aromatic N) is 1. The van der Waals surface area contributed by atoms with E-state index in [-0.39, 0.29) is 35.1 Å². The Balaban J connectivity index is 2.10. The zero-order valence-electron chi connectivity index (χ0n) is 18.0. The van der Waals surface area contributed by atoms with Gasteiger partial charge in [-0.25, -0.2) is 4.79 Å². The highest BCUT2D eigenvalue weighted by atomic mass is 16.6. The standard InChI is InChI=1S/C22H24N2O8/c1-4-6-21(26)23-15-9-7-14(8-10-15)18(25)13-32-22(27)16-11-19(30-3)20(31-5-2)12-17(16)24(28)29/h7-12H,4-6,13H2,1-3H3,(H,23,26). The van der Waals surface area contributed by atoms with Gasteiger partial charge < -0.3 is 19.5 Å². The summed E-state index contributed by atoms with van der Waals surface area (Å²) in [6.45, 7) is 3.21. The predicted molar refractivity (Wildman–Crippen MR) is 115 cm³/mol. The second kappa shape index (κ2) is 11.4. The minimum absolute atomic E-state index is 0.112. The van der Waals surface area contributed by atoms with Crippen LogP contribution in [0.25, 0.3) is 0 Å². The highest BCUT2D eigenvalue weighted by Gasteiger charge is 2.26. The van der Waals surface area contributed by atoms with Gasteiger partial charge in [0.1, 0.15) is 5.56 Å². The topological polar surface area (TPSA) is 134 Å². The molecule has 0 atom stereocenters. The summed E-state index contributed by atoms with van der Waals surface area (Å²) in [5.74, 6) is -1.45. The maximum atomic E-state index is 12.5. The number of methoxy groups -OCH3 is 1. The number of nitrogens with one attached hydrogen (secondary N) is 1. The fraction of sp³-hybridized carbons (Fsp3) is 0.318.